The first-order valence-electron chi connectivity index (χ1n) is 34.9. The Morgan fingerprint density at radius 1 is 0.439 bits per heavy atom. The van der Waals surface area contributed by atoms with Gasteiger partial charge in [-0.25, -0.2) is 0 Å². The van der Waals surface area contributed by atoms with Crippen molar-refractivity contribution < 1.29 is 32.9 Å². The predicted octanol–water partition coefficient (Wildman–Crippen LogP) is 21.7. The molecule has 3 atom stereocenters. The van der Waals surface area contributed by atoms with Gasteiger partial charge in [0.05, 0.1) is 39.9 Å². The van der Waals surface area contributed by atoms with Gasteiger partial charge < -0.3 is 28.8 Å². The van der Waals surface area contributed by atoms with Gasteiger partial charge in [0.15, 0.2) is 0 Å². The van der Waals surface area contributed by atoms with E-state index in [9.17, 15) is 19.4 Å². The fraction of sp³-hybridized carbons (Fsp3) is 0.795. The average Bonchev–Trinajstić information content (AvgIpc) is 3.47. The number of carbonyl (C=O) groups excluding carboxylic acids is 1. The quantitative estimate of drug-likeness (QED) is 0.0272. The van der Waals surface area contributed by atoms with Gasteiger partial charge in [-0.3, -0.25) is 9.36 Å². The van der Waals surface area contributed by atoms with Crippen LogP contribution in [0.15, 0.2) is 85.1 Å². The zero-order valence-corrected chi connectivity index (χ0v) is 55.6. The van der Waals surface area contributed by atoms with Crippen LogP contribution in [0, 0.1) is 0 Å². The van der Waals surface area contributed by atoms with Crippen LogP contribution in [0.25, 0.3) is 0 Å². The lowest BCUT2D eigenvalue weighted by molar-refractivity contribution is -0.870. The summed E-state index contributed by atoms with van der Waals surface area (Å²) in [5.41, 5.74) is 0. The van der Waals surface area contributed by atoms with Gasteiger partial charge in [-0.1, -0.05) is 330 Å². The number of unbranched alkanes of at least 4 members (excludes halogenated alkanes) is 39. The van der Waals surface area contributed by atoms with Crippen LogP contribution in [-0.2, 0) is 18.4 Å². The number of aliphatic hydroxyl groups excluding tert-OH is 1. The largest absolute Gasteiger partial charge is 0.756 e. The Labute approximate surface area is 509 Å². The first-order valence-corrected chi connectivity index (χ1v) is 36.4. The van der Waals surface area contributed by atoms with Crippen molar-refractivity contribution in [1.29, 1.82) is 0 Å². The molecule has 0 aliphatic carbocycles. The molecule has 0 bridgehead atoms. The molecule has 2 N–H and O–H groups in total. The third kappa shape index (κ3) is 65.2. The fourth-order valence-corrected chi connectivity index (χ4v) is 10.9. The molecule has 0 saturated carbocycles. The number of phosphoric acid groups is 1. The molecule has 0 fully saturated rings. The van der Waals surface area contributed by atoms with Gasteiger partial charge in [0.2, 0.25) is 5.91 Å². The number of hydrogen-bond acceptors (Lipinski definition) is 6. The molecule has 478 valence electrons. The molecule has 0 radical (unpaired) electrons. The van der Waals surface area contributed by atoms with Crippen molar-refractivity contribution in [3.8, 4) is 0 Å². The van der Waals surface area contributed by atoms with Gasteiger partial charge in [0.1, 0.15) is 13.2 Å². The third-order valence-electron chi connectivity index (χ3n) is 15.6. The highest BCUT2D eigenvalue weighted by Gasteiger charge is 2.23. The predicted molar refractivity (Wildman–Crippen MR) is 357 cm³/mol. The minimum atomic E-state index is -4.61. The minimum absolute atomic E-state index is 0.00287. The molecule has 0 aromatic rings. The third-order valence-corrected chi connectivity index (χ3v) is 16.6. The first kappa shape index (κ1) is 79.7. The molecule has 0 aliphatic rings. The molecule has 0 aromatic heterocycles. The summed E-state index contributed by atoms with van der Waals surface area (Å²) in [7, 11) is 1.26. The highest BCUT2D eigenvalue weighted by molar-refractivity contribution is 7.45. The Bertz CT molecular complexity index is 1610. The number of rotatable bonds is 64. The number of nitrogens with one attached hydrogen (secondary N) is 1. The van der Waals surface area contributed by atoms with E-state index in [1.807, 2.05) is 27.2 Å². The fourth-order valence-electron chi connectivity index (χ4n) is 10.2. The normalized spacial score (nSPS) is 14.2. The molecule has 0 aromatic carbocycles. The lowest BCUT2D eigenvalue weighted by Gasteiger charge is -2.29. The summed E-state index contributed by atoms with van der Waals surface area (Å²) in [6, 6.07) is -0.892. The van der Waals surface area contributed by atoms with Crippen LogP contribution >= 0.6 is 7.82 Å². The topological polar surface area (TPSA) is 108 Å². The number of hydrogen-bond donors (Lipinski definition) is 2. The molecule has 0 aliphatic heterocycles. The lowest BCUT2D eigenvalue weighted by Crippen LogP contribution is -2.45. The number of carbonyl (C=O) groups is 1. The number of nitrogens with zero attached hydrogens (tertiary/aromatic N) is 1. The summed E-state index contributed by atoms with van der Waals surface area (Å²) in [5, 5.41) is 14.0. The van der Waals surface area contributed by atoms with Crippen LogP contribution in [0.1, 0.15) is 322 Å². The average molecular weight is 1170 g/mol. The first-order chi connectivity index (χ1) is 40.0. The van der Waals surface area contributed by atoms with Gasteiger partial charge in [-0.05, 0) is 70.6 Å². The van der Waals surface area contributed by atoms with Gasteiger partial charge in [0.25, 0.3) is 7.82 Å². The maximum absolute atomic E-state index is 13.0. The van der Waals surface area contributed by atoms with E-state index in [4.69, 9.17) is 9.05 Å². The van der Waals surface area contributed by atoms with Crippen molar-refractivity contribution in [2.24, 2.45) is 0 Å². The van der Waals surface area contributed by atoms with Crippen LogP contribution in [0.2, 0.25) is 0 Å². The van der Waals surface area contributed by atoms with Gasteiger partial charge >= 0.3 is 0 Å². The Hall–Kier alpha value is -2.32. The monoisotopic (exact) mass is 1170 g/mol. The van der Waals surface area contributed by atoms with E-state index in [2.05, 4.69) is 92.1 Å². The van der Waals surface area contributed by atoms with Crippen LogP contribution in [-0.4, -0.2) is 68.5 Å². The van der Waals surface area contributed by atoms with E-state index in [-0.39, 0.29) is 19.1 Å². The number of aliphatic hydroxyl groups is 1. The highest BCUT2D eigenvalue weighted by Crippen LogP contribution is 2.38. The molecule has 0 saturated heterocycles. The molecule has 3 unspecified atom stereocenters. The van der Waals surface area contributed by atoms with Crippen molar-refractivity contribution in [2.45, 2.75) is 334 Å². The Morgan fingerprint density at radius 2 is 0.744 bits per heavy atom. The van der Waals surface area contributed by atoms with Crippen molar-refractivity contribution in [1.82, 2.24) is 5.32 Å². The molecule has 0 spiro atoms. The minimum Gasteiger partial charge on any atom is -0.756 e. The lowest BCUT2D eigenvalue weighted by atomic mass is 10.0. The molecule has 0 rings (SSSR count). The molecular formula is C73H135N2O6P. The van der Waals surface area contributed by atoms with E-state index in [0.717, 1.165) is 77.0 Å². The van der Waals surface area contributed by atoms with E-state index in [0.29, 0.717) is 17.4 Å². The second-order valence-electron chi connectivity index (χ2n) is 24.9. The zero-order chi connectivity index (χ0) is 59.8. The number of likely N-dealkylation sites (N-methyl/N-ethyl adjacent to an activating group) is 1. The Kier molecular flexibility index (Phi) is 61.4. The molecule has 8 nitrogen and oxygen atoms in total. The number of amides is 1. The maximum atomic E-state index is 13.0. The van der Waals surface area contributed by atoms with Crippen LogP contribution in [0.3, 0.4) is 0 Å². The van der Waals surface area contributed by atoms with Gasteiger partial charge in [-0.15, -0.1) is 0 Å². The summed E-state index contributed by atoms with van der Waals surface area (Å²) in [6.07, 6.45) is 89.8. The molecule has 82 heavy (non-hydrogen) atoms. The second-order valence-corrected chi connectivity index (χ2v) is 26.3. The standard InChI is InChI=1S/C73H135N2O6P/c1-6-8-10-12-14-16-18-20-22-24-26-28-30-32-34-35-36-37-38-39-41-43-45-47-49-51-53-55-57-59-61-63-65-67-73(77)74-71(70-81-82(78,79)80-69-68-75(3,4)5)72(76)66-64-62-60-58-56-54-52-50-48-46-44-42-40-33-31-29-27-25-23-21-19-17-15-13-11-9-7-2/h8,10,14,16,20,22,26,28,32,34,36-37,64,66,71-72,76H,6-7,9,11-13,15,17-19,21,23-25,27,29-31,33,35,38-63,65,67-70H2,1-5H3,(H-,74,77,78,79)/b10-8-,16-14-,22-20-,28-26-,34-32-,37-36-,66-64+. The summed E-state index contributed by atoms with van der Waals surface area (Å²) >= 11 is 0. The van der Waals surface area contributed by atoms with E-state index in [1.54, 1.807) is 6.08 Å². The number of quaternary nitrogens is 1. The highest BCUT2D eigenvalue weighted by atomic mass is 31.2. The number of phosphoric ester groups is 1. The smallest absolute Gasteiger partial charge is 0.268 e. The maximum Gasteiger partial charge on any atom is 0.268 e. The van der Waals surface area contributed by atoms with Crippen molar-refractivity contribution in [2.75, 3.05) is 40.9 Å². The summed E-state index contributed by atoms with van der Waals surface area (Å²) in [6.45, 7) is 4.57. The molecule has 9 heteroatoms. The van der Waals surface area contributed by atoms with E-state index < -0.39 is 20.0 Å². The van der Waals surface area contributed by atoms with Crippen molar-refractivity contribution >= 4 is 13.7 Å². The van der Waals surface area contributed by atoms with E-state index in [1.165, 1.54) is 225 Å². The van der Waals surface area contributed by atoms with Gasteiger partial charge in [-0.2, -0.15) is 0 Å². The SMILES string of the molecule is CC/C=C\C/C=C\C/C=C\C/C=C\C/C=C\C/C=C\CCCCCCCCCCCCCCCCC(=O)NC(COP(=O)([O-])OCC[N+](C)(C)C)C(O)/C=C/CCCCCCCCCCCCCCCCCCCCCCCCCCC. The number of allylic oxidation sites excluding steroid dienone is 13. The van der Waals surface area contributed by atoms with E-state index >= 15 is 0 Å². The Balaban J connectivity index is 4.09. The molecule has 0 heterocycles. The summed E-state index contributed by atoms with van der Waals surface area (Å²) in [4.78, 5) is 25.6. The summed E-state index contributed by atoms with van der Waals surface area (Å²) < 4.78 is 23.5. The van der Waals surface area contributed by atoms with Crippen LogP contribution in [0.4, 0.5) is 0 Å². The van der Waals surface area contributed by atoms with Gasteiger partial charge in [0, 0.05) is 6.42 Å². The van der Waals surface area contributed by atoms with Crippen LogP contribution < -0.4 is 10.2 Å². The Morgan fingerprint density at radius 3 is 1.09 bits per heavy atom. The summed E-state index contributed by atoms with van der Waals surface area (Å²) in [5.74, 6) is -0.196. The van der Waals surface area contributed by atoms with Crippen LogP contribution in [0.5, 0.6) is 0 Å². The van der Waals surface area contributed by atoms with Crippen molar-refractivity contribution in [3.05, 3.63) is 85.1 Å². The molecule has 1 amide bonds. The second kappa shape index (κ2) is 63.2. The van der Waals surface area contributed by atoms with Crippen molar-refractivity contribution in [3.63, 3.8) is 0 Å². The molecular weight excluding hydrogens is 1030 g/mol. The zero-order valence-electron chi connectivity index (χ0n) is 54.7.